The van der Waals surface area contributed by atoms with E-state index in [0.717, 1.165) is 56.5 Å². The standard InChI is InChI=1S/C28H33N3O3/c1-32-24-10-8-23(9-11-24)31-21-28(34-26-14-12-25(33-2)13-15-26)27(31)20-29-16-18-30(19-17-29)22-6-4-3-5-7-22/h3-15,27-28H,16-21H2,1-2H3/t27-,28-/m1/s1. The van der Waals surface area contributed by atoms with Crippen LogP contribution in [-0.2, 0) is 0 Å². The first kappa shape index (κ1) is 22.4. The van der Waals surface area contributed by atoms with Crippen LogP contribution in [0.3, 0.4) is 0 Å². The number of nitrogens with zero attached hydrogens (tertiary/aromatic N) is 3. The number of piperazine rings is 1. The fraction of sp³-hybridized carbons (Fsp3) is 0.357. The molecule has 2 saturated heterocycles. The van der Waals surface area contributed by atoms with E-state index in [2.05, 4.69) is 57.2 Å². The van der Waals surface area contributed by atoms with E-state index in [4.69, 9.17) is 14.2 Å². The van der Waals surface area contributed by atoms with Crippen LogP contribution in [0.25, 0.3) is 0 Å². The van der Waals surface area contributed by atoms with Gasteiger partial charge in [0.05, 0.1) is 26.8 Å². The second kappa shape index (κ2) is 10.3. The van der Waals surface area contributed by atoms with Crippen LogP contribution in [0.4, 0.5) is 11.4 Å². The van der Waals surface area contributed by atoms with Crippen molar-refractivity contribution in [1.82, 2.24) is 4.90 Å². The quantitative estimate of drug-likeness (QED) is 0.504. The molecule has 2 atom stereocenters. The molecule has 0 aromatic heterocycles. The zero-order chi connectivity index (χ0) is 23.3. The van der Waals surface area contributed by atoms with Gasteiger partial charge in [-0.25, -0.2) is 0 Å². The molecule has 178 valence electrons. The van der Waals surface area contributed by atoms with Crippen molar-refractivity contribution in [3.63, 3.8) is 0 Å². The summed E-state index contributed by atoms with van der Waals surface area (Å²) >= 11 is 0. The maximum atomic E-state index is 6.43. The largest absolute Gasteiger partial charge is 0.497 e. The first-order chi connectivity index (χ1) is 16.7. The first-order valence-corrected chi connectivity index (χ1v) is 12.0. The normalized spacial score (nSPS) is 20.5. The Morgan fingerprint density at radius 2 is 1.26 bits per heavy atom. The molecule has 0 unspecified atom stereocenters. The van der Waals surface area contributed by atoms with Crippen LogP contribution in [0.15, 0.2) is 78.9 Å². The van der Waals surface area contributed by atoms with Crippen molar-refractivity contribution >= 4 is 11.4 Å². The van der Waals surface area contributed by atoms with Crippen LogP contribution in [0, 0.1) is 0 Å². The van der Waals surface area contributed by atoms with E-state index in [9.17, 15) is 0 Å². The average Bonchev–Trinajstić information content (AvgIpc) is 2.91. The highest BCUT2D eigenvalue weighted by Crippen LogP contribution is 2.32. The van der Waals surface area contributed by atoms with Gasteiger partial charge in [0, 0.05) is 44.1 Å². The molecule has 3 aromatic carbocycles. The number of methoxy groups -OCH3 is 2. The van der Waals surface area contributed by atoms with Crippen molar-refractivity contribution in [2.45, 2.75) is 12.1 Å². The number of para-hydroxylation sites is 1. The third-order valence-electron chi connectivity index (χ3n) is 6.90. The summed E-state index contributed by atoms with van der Waals surface area (Å²) in [7, 11) is 3.39. The Hall–Kier alpha value is -3.38. The Kier molecular flexibility index (Phi) is 6.77. The average molecular weight is 460 g/mol. The lowest BCUT2D eigenvalue weighted by Crippen LogP contribution is -2.67. The molecule has 2 fully saturated rings. The number of ether oxygens (including phenoxy) is 3. The van der Waals surface area contributed by atoms with Crippen LogP contribution in [0.1, 0.15) is 0 Å². The molecule has 0 aliphatic carbocycles. The molecule has 0 amide bonds. The Bertz CT molecular complexity index is 1030. The van der Waals surface area contributed by atoms with Gasteiger partial charge in [-0.15, -0.1) is 0 Å². The van der Waals surface area contributed by atoms with Gasteiger partial charge in [-0.1, -0.05) is 18.2 Å². The molecule has 0 bridgehead atoms. The molecular formula is C28H33N3O3. The van der Waals surface area contributed by atoms with Crippen LogP contribution in [0.2, 0.25) is 0 Å². The summed E-state index contributed by atoms with van der Waals surface area (Å²) in [6.45, 7) is 6.04. The van der Waals surface area contributed by atoms with E-state index in [1.54, 1.807) is 14.2 Å². The van der Waals surface area contributed by atoms with Crippen molar-refractivity contribution in [2.75, 3.05) is 63.3 Å². The molecule has 6 nitrogen and oxygen atoms in total. The smallest absolute Gasteiger partial charge is 0.138 e. The van der Waals surface area contributed by atoms with Gasteiger partial charge in [0.25, 0.3) is 0 Å². The summed E-state index contributed by atoms with van der Waals surface area (Å²) in [6, 6.07) is 27.2. The topological polar surface area (TPSA) is 37.4 Å². The summed E-state index contributed by atoms with van der Waals surface area (Å²) in [5, 5.41) is 0. The minimum absolute atomic E-state index is 0.141. The van der Waals surface area contributed by atoms with Crippen molar-refractivity contribution in [2.24, 2.45) is 0 Å². The summed E-state index contributed by atoms with van der Waals surface area (Å²) in [6.07, 6.45) is 0.141. The third-order valence-corrected chi connectivity index (χ3v) is 6.90. The fourth-order valence-electron chi connectivity index (χ4n) is 4.84. The van der Waals surface area contributed by atoms with E-state index in [-0.39, 0.29) is 6.10 Å². The molecule has 2 aliphatic rings. The summed E-state index contributed by atoms with van der Waals surface area (Å²) in [5.74, 6) is 2.61. The molecule has 2 heterocycles. The Morgan fingerprint density at radius 1 is 0.676 bits per heavy atom. The molecule has 0 N–H and O–H groups in total. The predicted molar refractivity (Wildman–Crippen MR) is 137 cm³/mol. The SMILES string of the molecule is COc1ccc(O[C@@H]2CN(c3ccc(OC)cc3)[C@@H]2CN2CCN(c3ccccc3)CC2)cc1. The summed E-state index contributed by atoms with van der Waals surface area (Å²) < 4.78 is 17.1. The Balaban J connectivity index is 1.26. The number of benzene rings is 3. The summed E-state index contributed by atoms with van der Waals surface area (Å²) in [5.41, 5.74) is 2.52. The molecule has 3 aromatic rings. The number of rotatable bonds is 8. The number of anilines is 2. The maximum Gasteiger partial charge on any atom is 0.138 e. The van der Waals surface area contributed by atoms with E-state index in [0.29, 0.717) is 6.04 Å². The van der Waals surface area contributed by atoms with Gasteiger partial charge < -0.3 is 24.0 Å². The van der Waals surface area contributed by atoms with Crippen LogP contribution in [-0.4, -0.2) is 70.5 Å². The molecule has 34 heavy (non-hydrogen) atoms. The van der Waals surface area contributed by atoms with E-state index in [1.807, 2.05) is 36.4 Å². The molecule has 0 saturated carbocycles. The van der Waals surface area contributed by atoms with E-state index >= 15 is 0 Å². The number of hydrogen-bond acceptors (Lipinski definition) is 6. The number of hydrogen-bond donors (Lipinski definition) is 0. The lowest BCUT2D eigenvalue weighted by Gasteiger charge is -2.51. The highest BCUT2D eigenvalue weighted by atomic mass is 16.5. The zero-order valence-electron chi connectivity index (χ0n) is 20.0. The van der Waals surface area contributed by atoms with Gasteiger partial charge in [-0.05, 0) is 60.7 Å². The highest BCUT2D eigenvalue weighted by molar-refractivity contribution is 5.53. The highest BCUT2D eigenvalue weighted by Gasteiger charge is 2.42. The van der Waals surface area contributed by atoms with Crippen molar-refractivity contribution < 1.29 is 14.2 Å². The van der Waals surface area contributed by atoms with Gasteiger partial charge in [0.15, 0.2) is 0 Å². The van der Waals surface area contributed by atoms with Gasteiger partial charge in [0.1, 0.15) is 23.4 Å². The minimum atomic E-state index is 0.141. The fourth-order valence-corrected chi connectivity index (χ4v) is 4.84. The van der Waals surface area contributed by atoms with Crippen molar-refractivity contribution in [1.29, 1.82) is 0 Å². The molecule has 0 radical (unpaired) electrons. The van der Waals surface area contributed by atoms with Gasteiger partial charge in [0.2, 0.25) is 0 Å². The van der Waals surface area contributed by atoms with E-state index < -0.39 is 0 Å². The molecule has 5 rings (SSSR count). The third kappa shape index (κ3) is 4.92. The first-order valence-electron chi connectivity index (χ1n) is 12.0. The Morgan fingerprint density at radius 3 is 1.88 bits per heavy atom. The maximum absolute atomic E-state index is 6.43. The molecule has 2 aliphatic heterocycles. The van der Waals surface area contributed by atoms with Crippen molar-refractivity contribution in [3.05, 3.63) is 78.9 Å². The molecule has 0 spiro atoms. The minimum Gasteiger partial charge on any atom is -0.497 e. The lowest BCUT2D eigenvalue weighted by atomic mass is 9.96. The van der Waals surface area contributed by atoms with Crippen LogP contribution >= 0.6 is 0 Å². The summed E-state index contributed by atoms with van der Waals surface area (Å²) in [4.78, 5) is 7.51. The van der Waals surface area contributed by atoms with Crippen molar-refractivity contribution in [3.8, 4) is 17.2 Å². The monoisotopic (exact) mass is 459 g/mol. The van der Waals surface area contributed by atoms with E-state index in [1.165, 1.54) is 11.4 Å². The second-order valence-corrected chi connectivity index (χ2v) is 8.87. The Labute approximate surface area is 202 Å². The van der Waals surface area contributed by atoms with Crippen LogP contribution < -0.4 is 24.0 Å². The predicted octanol–water partition coefficient (Wildman–Crippen LogP) is 4.16. The lowest BCUT2D eigenvalue weighted by molar-refractivity contribution is 0.0862. The van der Waals surface area contributed by atoms with Crippen LogP contribution in [0.5, 0.6) is 17.2 Å². The van der Waals surface area contributed by atoms with Gasteiger partial charge in [-0.3, -0.25) is 4.90 Å². The zero-order valence-corrected chi connectivity index (χ0v) is 20.0. The second-order valence-electron chi connectivity index (χ2n) is 8.87. The molecule has 6 heteroatoms. The molecular weight excluding hydrogens is 426 g/mol. The van der Waals surface area contributed by atoms with Gasteiger partial charge in [-0.2, -0.15) is 0 Å². The van der Waals surface area contributed by atoms with Gasteiger partial charge >= 0.3 is 0 Å².